The van der Waals surface area contributed by atoms with Gasteiger partial charge in [-0.25, -0.2) is 0 Å². The molecular formula is C13H28N2O2. The van der Waals surface area contributed by atoms with Crippen molar-refractivity contribution in [3.8, 4) is 0 Å². The van der Waals surface area contributed by atoms with Crippen LogP contribution >= 0.6 is 0 Å². The maximum atomic E-state index is 9.04. The Bertz CT molecular complexity index is 204. The van der Waals surface area contributed by atoms with Gasteiger partial charge in [0.15, 0.2) is 0 Å². The molecule has 1 aliphatic rings. The Labute approximate surface area is 105 Å². The van der Waals surface area contributed by atoms with Crippen molar-refractivity contribution in [2.45, 2.75) is 50.7 Å². The molecule has 17 heavy (non-hydrogen) atoms. The van der Waals surface area contributed by atoms with Crippen LogP contribution in [0.5, 0.6) is 0 Å². The number of aliphatic hydroxyl groups excluding tert-OH is 1. The van der Waals surface area contributed by atoms with E-state index in [0.29, 0.717) is 6.10 Å². The lowest BCUT2D eigenvalue weighted by atomic mass is 9.97. The topological polar surface area (TPSA) is 58.7 Å². The van der Waals surface area contributed by atoms with Gasteiger partial charge in [-0.2, -0.15) is 0 Å². The predicted molar refractivity (Wildman–Crippen MR) is 70.0 cm³/mol. The summed E-state index contributed by atoms with van der Waals surface area (Å²) in [5, 5.41) is 9.04. The van der Waals surface area contributed by atoms with Crippen LogP contribution in [0.4, 0.5) is 0 Å². The van der Waals surface area contributed by atoms with Crippen molar-refractivity contribution >= 4 is 0 Å². The van der Waals surface area contributed by atoms with E-state index < -0.39 is 5.54 Å². The predicted octanol–water partition coefficient (Wildman–Crippen LogP) is 0.977. The zero-order valence-corrected chi connectivity index (χ0v) is 11.3. The van der Waals surface area contributed by atoms with E-state index in [4.69, 9.17) is 15.6 Å². The molecule has 0 bridgehead atoms. The van der Waals surface area contributed by atoms with Crippen LogP contribution in [-0.4, -0.2) is 55.0 Å². The van der Waals surface area contributed by atoms with Gasteiger partial charge in [0.05, 0.1) is 12.7 Å². The fourth-order valence-electron chi connectivity index (χ4n) is 2.22. The van der Waals surface area contributed by atoms with Gasteiger partial charge in [-0.05, 0) is 46.2 Å². The number of aliphatic hydroxyl groups is 1. The molecule has 0 spiro atoms. The molecule has 1 rings (SSSR count). The summed E-state index contributed by atoms with van der Waals surface area (Å²) < 4.78 is 5.61. The Morgan fingerprint density at radius 3 is 2.82 bits per heavy atom. The fourth-order valence-corrected chi connectivity index (χ4v) is 2.22. The Hall–Kier alpha value is -0.160. The van der Waals surface area contributed by atoms with Crippen molar-refractivity contribution in [1.29, 1.82) is 0 Å². The van der Waals surface area contributed by atoms with Gasteiger partial charge >= 0.3 is 0 Å². The highest BCUT2D eigenvalue weighted by molar-refractivity contribution is 4.77. The lowest BCUT2D eigenvalue weighted by molar-refractivity contribution is 0.0805. The van der Waals surface area contributed by atoms with Crippen molar-refractivity contribution in [2.75, 3.05) is 33.4 Å². The van der Waals surface area contributed by atoms with Gasteiger partial charge in [0, 0.05) is 18.7 Å². The molecule has 0 saturated carbocycles. The summed E-state index contributed by atoms with van der Waals surface area (Å²) in [6.07, 6.45) is 5.95. The molecular weight excluding hydrogens is 216 g/mol. The molecule has 4 nitrogen and oxygen atoms in total. The molecule has 0 aromatic heterocycles. The molecule has 2 atom stereocenters. The first-order chi connectivity index (χ1) is 8.03. The zero-order valence-electron chi connectivity index (χ0n) is 11.3. The third kappa shape index (κ3) is 6.36. The summed E-state index contributed by atoms with van der Waals surface area (Å²) in [6.45, 7) is 5.03. The van der Waals surface area contributed by atoms with E-state index in [1.54, 1.807) is 0 Å². The molecule has 1 saturated heterocycles. The Kier molecular flexibility index (Phi) is 6.41. The number of ether oxygens (including phenoxy) is 1. The van der Waals surface area contributed by atoms with Crippen LogP contribution in [0.25, 0.3) is 0 Å². The largest absolute Gasteiger partial charge is 0.394 e. The van der Waals surface area contributed by atoms with Gasteiger partial charge < -0.3 is 20.5 Å². The fraction of sp³-hybridized carbons (Fsp3) is 1.00. The van der Waals surface area contributed by atoms with Gasteiger partial charge in [-0.3, -0.25) is 0 Å². The molecule has 0 aromatic rings. The van der Waals surface area contributed by atoms with E-state index in [9.17, 15) is 0 Å². The van der Waals surface area contributed by atoms with Crippen LogP contribution in [-0.2, 0) is 4.74 Å². The quantitative estimate of drug-likeness (QED) is 0.625. The second kappa shape index (κ2) is 7.31. The summed E-state index contributed by atoms with van der Waals surface area (Å²) in [4.78, 5) is 2.34. The van der Waals surface area contributed by atoms with E-state index in [1.807, 2.05) is 6.92 Å². The van der Waals surface area contributed by atoms with E-state index >= 15 is 0 Å². The summed E-state index contributed by atoms with van der Waals surface area (Å²) in [6, 6.07) is 0. The van der Waals surface area contributed by atoms with Crippen LogP contribution in [0, 0.1) is 0 Å². The summed E-state index contributed by atoms with van der Waals surface area (Å²) in [7, 11) is 2.15. The van der Waals surface area contributed by atoms with Crippen LogP contribution < -0.4 is 5.73 Å². The Morgan fingerprint density at radius 2 is 2.24 bits per heavy atom. The summed E-state index contributed by atoms with van der Waals surface area (Å²) in [5.41, 5.74) is 5.47. The minimum atomic E-state index is -0.410. The normalized spacial score (nSPS) is 24.2. The van der Waals surface area contributed by atoms with Crippen LogP contribution in [0.1, 0.15) is 39.0 Å². The number of hydrogen-bond donors (Lipinski definition) is 2. The highest BCUT2D eigenvalue weighted by atomic mass is 16.5. The first kappa shape index (κ1) is 14.9. The summed E-state index contributed by atoms with van der Waals surface area (Å²) >= 11 is 0. The zero-order chi connectivity index (χ0) is 12.7. The van der Waals surface area contributed by atoms with Crippen molar-refractivity contribution in [3.05, 3.63) is 0 Å². The number of unbranched alkanes of at least 4 members (excludes halogenated alkanes) is 1. The molecule has 4 heteroatoms. The van der Waals surface area contributed by atoms with E-state index in [-0.39, 0.29) is 6.61 Å². The SMILES string of the molecule is CN(CCCCC(C)(N)CO)CC1CCCO1. The van der Waals surface area contributed by atoms with Crippen molar-refractivity contribution < 1.29 is 9.84 Å². The van der Waals surface area contributed by atoms with Gasteiger partial charge in [-0.1, -0.05) is 6.42 Å². The van der Waals surface area contributed by atoms with Gasteiger partial charge in [-0.15, -0.1) is 0 Å². The van der Waals surface area contributed by atoms with Crippen molar-refractivity contribution in [1.82, 2.24) is 4.90 Å². The van der Waals surface area contributed by atoms with Crippen molar-refractivity contribution in [3.63, 3.8) is 0 Å². The molecule has 0 amide bonds. The van der Waals surface area contributed by atoms with E-state index in [2.05, 4.69) is 11.9 Å². The minimum Gasteiger partial charge on any atom is -0.394 e. The average Bonchev–Trinajstić information content (AvgIpc) is 2.77. The standard InChI is InChI=1S/C13H28N2O2/c1-13(14,11-16)7-3-4-8-15(2)10-12-6-5-9-17-12/h12,16H,3-11,14H2,1-2H3. The monoisotopic (exact) mass is 244 g/mol. The van der Waals surface area contributed by atoms with Crippen LogP contribution in [0.2, 0.25) is 0 Å². The first-order valence-corrected chi connectivity index (χ1v) is 6.73. The maximum absolute atomic E-state index is 9.04. The highest BCUT2D eigenvalue weighted by Gasteiger charge is 2.18. The van der Waals surface area contributed by atoms with Gasteiger partial charge in [0.25, 0.3) is 0 Å². The number of rotatable bonds is 8. The first-order valence-electron chi connectivity index (χ1n) is 6.73. The molecule has 1 aliphatic heterocycles. The summed E-state index contributed by atoms with van der Waals surface area (Å²) in [5.74, 6) is 0. The lowest BCUT2D eigenvalue weighted by Gasteiger charge is -2.23. The van der Waals surface area contributed by atoms with Gasteiger partial charge in [0.1, 0.15) is 0 Å². The van der Waals surface area contributed by atoms with Crippen molar-refractivity contribution in [2.24, 2.45) is 5.73 Å². The second-order valence-corrected chi connectivity index (χ2v) is 5.67. The number of likely N-dealkylation sites (N-methyl/N-ethyl adjacent to an activating group) is 1. The highest BCUT2D eigenvalue weighted by Crippen LogP contribution is 2.14. The maximum Gasteiger partial charge on any atom is 0.0702 e. The Morgan fingerprint density at radius 1 is 1.47 bits per heavy atom. The average molecular weight is 244 g/mol. The molecule has 1 fully saturated rings. The van der Waals surface area contributed by atoms with Crippen LogP contribution in [0.15, 0.2) is 0 Å². The third-order valence-corrected chi connectivity index (χ3v) is 3.44. The number of nitrogens with zero attached hydrogens (tertiary/aromatic N) is 1. The molecule has 0 aliphatic carbocycles. The minimum absolute atomic E-state index is 0.0682. The smallest absolute Gasteiger partial charge is 0.0702 e. The van der Waals surface area contributed by atoms with Crippen LogP contribution in [0.3, 0.4) is 0 Å². The Balaban J connectivity index is 2.01. The molecule has 3 N–H and O–H groups in total. The number of hydrogen-bond acceptors (Lipinski definition) is 4. The van der Waals surface area contributed by atoms with Gasteiger partial charge in [0.2, 0.25) is 0 Å². The molecule has 0 radical (unpaired) electrons. The lowest BCUT2D eigenvalue weighted by Crippen LogP contribution is -2.40. The molecule has 102 valence electrons. The van der Waals surface area contributed by atoms with E-state index in [0.717, 1.165) is 39.0 Å². The second-order valence-electron chi connectivity index (χ2n) is 5.67. The molecule has 1 heterocycles. The number of nitrogens with two attached hydrogens (primary N) is 1. The van der Waals surface area contributed by atoms with E-state index in [1.165, 1.54) is 12.8 Å². The molecule has 0 aromatic carbocycles. The third-order valence-electron chi connectivity index (χ3n) is 3.44. The molecule has 2 unspecified atom stereocenters.